The lowest BCUT2D eigenvalue weighted by Crippen LogP contribution is -2.52. The predicted octanol–water partition coefficient (Wildman–Crippen LogP) is 5.11. The Kier molecular flexibility index (Phi) is 8.77. The lowest BCUT2D eigenvalue weighted by Gasteiger charge is -2.50. The normalized spacial score (nSPS) is 23.3. The molecule has 0 unspecified atom stereocenters. The highest BCUT2D eigenvalue weighted by Crippen LogP contribution is 2.44. The quantitative estimate of drug-likeness (QED) is 0.505. The van der Waals surface area contributed by atoms with Gasteiger partial charge < -0.3 is 14.4 Å². The molecule has 3 rings (SSSR count). The minimum atomic E-state index is 0.135. The summed E-state index contributed by atoms with van der Waals surface area (Å²) in [5.41, 5.74) is 2.75. The number of methoxy groups -OCH3 is 2. The summed E-state index contributed by atoms with van der Waals surface area (Å²) in [5, 5.41) is 9.26. The minimum absolute atomic E-state index is 0.135. The molecule has 0 aromatic heterocycles. The van der Waals surface area contributed by atoms with Gasteiger partial charge in [0.1, 0.15) is 0 Å². The third-order valence-corrected chi connectivity index (χ3v) is 7.53. The Labute approximate surface area is 199 Å². The van der Waals surface area contributed by atoms with Crippen molar-refractivity contribution in [3.63, 3.8) is 0 Å². The summed E-state index contributed by atoms with van der Waals surface area (Å²) in [6, 6.07) is 20.0. The van der Waals surface area contributed by atoms with Gasteiger partial charge in [-0.3, -0.25) is 4.90 Å². The predicted molar refractivity (Wildman–Crippen MR) is 134 cm³/mol. The number of benzene rings is 2. The second-order valence-corrected chi connectivity index (χ2v) is 9.54. The highest BCUT2D eigenvalue weighted by molar-refractivity contribution is 5.42. The van der Waals surface area contributed by atoms with E-state index in [4.69, 9.17) is 9.47 Å². The van der Waals surface area contributed by atoms with Gasteiger partial charge in [0.05, 0.1) is 20.3 Å². The fourth-order valence-electron chi connectivity index (χ4n) is 5.41. The summed E-state index contributed by atoms with van der Waals surface area (Å²) in [5.74, 6) is 2.04. The monoisotopic (exact) mass is 449 g/mol. The zero-order valence-corrected chi connectivity index (χ0v) is 20.9. The molecule has 5 nitrogen and oxygen atoms in total. The number of nitrogens with zero attached hydrogens (tertiary/aromatic N) is 3. The van der Waals surface area contributed by atoms with Gasteiger partial charge in [-0.15, -0.1) is 0 Å². The Balaban J connectivity index is 1.83. The van der Waals surface area contributed by atoms with Gasteiger partial charge in [-0.2, -0.15) is 5.26 Å². The van der Waals surface area contributed by atoms with E-state index in [0.717, 1.165) is 50.5 Å². The summed E-state index contributed by atoms with van der Waals surface area (Å²) in [6.07, 6.45) is 2.76. The first kappa shape index (κ1) is 25.1. The lowest BCUT2D eigenvalue weighted by molar-refractivity contribution is 0.0602. The van der Waals surface area contributed by atoms with Crippen molar-refractivity contribution in [3.05, 3.63) is 59.7 Å². The molecule has 1 saturated heterocycles. The van der Waals surface area contributed by atoms with E-state index in [1.165, 1.54) is 11.1 Å². The number of hydrogen-bond donors (Lipinski definition) is 0. The van der Waals surface area contributed by atoms with Gasteiger partial charge in [0, 0.05) is 37.5 Å². The molecule has 3 atom stereocenters. The first-order valence-corrected chi connectivity index (χ1v) is 12.0. The summed E-state index contributed by atoms with van der Waals surface area (Å²) in [4.78, 5) is 4.91. The molecule has 2 aromatic carbocycles. The van der Waals surface area contributed by atoms with Crippen LogP contribution in [0.15, 0.2) is 48.5 Å². The number of likely N-dealkylation sites (tertiary alicyclic amines) is 1. The molecule has 1 fully saturated rings. The largest absolute Gasteiger partial charge is 0.493 e. The first-order chi connectivity index (χ1) is 15.9. The molecule has 1 aliphatic heterocycles. The maximum atomic E-state index is 9.26. The van der Waals surface area contributed by atoms with E-state index in [1.807, 2.05) is 12.1 Å². The van der Waals surface area contributed by atoms with Crippen molar-refractivity contribution in [1.29, 1.82) is 5.26 Å². The molecule has 33 heavy (non-hydrogen) atoms. The Hall–Kier alpha value is -2.55. The van der Waals surface area contributed by atoms with Crippen LogP contribution in [0.4, 0.5) is 0 Å². The van der Waals surface area contributed by atoms with E-state index in [1.54, 1.807) is 14.2 Å². The summed E-state index contributed by atoms with van der Waals surface area (Å²) < 4.78 is 10.9. The third-order valence-electron chi connectivity index (χ3n) is 7.53. The van der Waals surface area contributed by atoms with E-state index in [0.29, 0.717) is 18.4 Å². The number of nitriles is 1. The van der Waals surface area contributed by atoms with Gasteiger partial charge in [-0.1, -0.05) is 43.3 Å². The Morgan fingerprint density at radius 1 is 1.06 bits per heavy atom. The molecule has 1 heterocycles. The van der Waals surface area contributed by atoms with Crippen molar-refractivity contribution in [2.24, 2.45) is 5.92 Å². The van der Waals surface area contributed by atoms with Crippen molar-refractivity contribution in [3.8, 4) is 17.6 Å². The zero-order valence-electron chi connectivity index (χ0n) is 20.9. The molecule has 178 valence electrons. The highest BCUT2D eigenvalue weighted by atomic mass is 16.5. The second-order valence-electron chi connectivity index (χ2n) is 9.54. The summed E-state index contributed by atoms with van der Waals surface area (Å²) in [6.45, 7) is 8.36. The Morgan fingerprint density at radius 2 is 1.79 bits per heavy atom. The van der Waals surface area contributed by atoms with Gasteiger partial charge >= 0.3 is 0 Å². The molecule has 0 bridgehead atoms. The van der Waals surface area contributed by atoms with Gasteiger partial charge in [0.25, 0.3) is 0 Å². The molecule has 1 aliphatic rings. The molecular weight excluding hydrogens is 410 g/mol. The van der Waals surface area contributed by atoms with Gasteiger partial charge in [0.2, 0.25) is 0 Å². The lowest BCUT2D eigenvalue weighted by atomic mass is 9.63. The van der Waals surface area contributed by atoms with Crippen LogP contribution in [-0.2, 0) is 12.0 Å². The molecule has 0 amide bonds. The van der Waals surface area contributed by atoms with Gasteiger partial charge in [-0.05, 0) is 62.5 Å². The molecule has 5 heteroatoms. The van der Waals surface area contributed by atoms with E-state index in [-0.39, 0.29) is 5.41 Å². The maximum absolute atomic E-state index is 9.26. The minimum Gasteiger partial charge on any atom is -0.493 e. The number of piperidine rings is 1. The molecule has 0 saturated carbocycles. The third kappa shape index (κ3) is 5.88. The fourth-order valence-corrected chi connectivity index (χ4v) is 5.41. The molecule has 0 aliphatic carbocycles. The van der Waals surface area contributed by atoms with Crippen LogP contribution in [0, 0.1) is 17.2 Å². The number of rotatable bonds is 10. The Morgan fingerprint density at radius 3 is 2.45 bits per heavy atom. The molecule has 0 spiro atoms. The first-order valence-electron chi connectivity index (χ1n) is 12.0. The molecular formula is C28H39N3O2. The summed E-state index contributed by atoms with van der Waals surface area (Å²) >= 11 is 0. The zero-order chi connectivity index (χ0) is 23.8. The van der Waals surface area contributed by atoms with Crippen LogP contribution in [0.1, 0.15) is 44.2 Å². The molecule has 0 N–H and O–H groups in total. The average molecular weight is 450 g/mol. The van der Waals surface area contributed by atoms with Crippen LogP contribution < -0.4 is 9.47 Å². The molecule has 2 aromatic rings. The van der Waals surface area contributed by atoms with E-state index >= 15 is 0 Å². The van der Waals surface area contributed by atoms with E-state index in [9.17, 15) is 5.26 Å². The van der Waals surface area contributed by atoms with Crippen molar-refractivity contribution in [2.45, 2.75) is 51.1 Å². The van der Waals surface area contributed by atoms with Crippen molar-refractivity contribution >= 4 is 0 Å². The fraction of sp³-hybridized carbons (Fsp3) is 0.536. The highest BCUT2D eigenvalue weighted by Gasteiger charge is 2.43. The number of hydrogen-bond acceptors (Lipinski definition) is 5. The standard InChI is InChI=1S/C28H39N3O2/c1-22-20-30(3)23(2)19-28(22,25-10-7-6-8-11-25)14-17-31(16-9-15-29)21-24-12-13-26(32-4)27(18-24)33-5/h6-8,10-13,18,22-23H,9,14,16-17,19-21H2,1-5H3/t22-,23+,28-/m0/s1. The number of ether oxygens (including phenoxy) is 2. The van der Waals surface area contributed by atoms with Crippen LogP contribution in [-0.4, -0.2) is 56.7 Å². The van der Waals surface area contributed by atoms with Crippen LogP contribution >= 0.6 is 0 Å². The van der Waals surface area contributed by atoms with Crippen LogP contribution in [0.5, 0.6) is 11.5 Å². The van der Waals surface area contributed by atoms with Crippen LogP contribution in [0.2, 0.25) is 0 Å². The van der Waals surface area contributed by atoms with Crippen molar-refractivity contribution < 1.29 is 9.47 Å². The average Bonchev–Trinajstić information content (AvgIpc) is 2.84. The topological polar surface area (TPSA) is 48.7 Å². The summed E-state index contributed by atoms with van der Waals surface area (Å²) in [7, 11) is 5.57. The van der Waals surface area contributed by atoms with Crippen LogP contribution in [0.25, 0.3) is 0 Å². The smallest absolute Gasteiger partial charge is 0.161 e. The van der Waals surface area contributed by atoms with Crippen LogP contribution in [0.3, 0.4) is 0 Å². The SMILES string of the molecule is COc1ccc(CN(CCC#N)CC[C@]2(c3ccccc3)C[C@@H](C)N(C)C[C@@H]2C)cc1OC. The van der Waals surface area contributed by atoms with Crippen molar-refractivity contribution in [1.82, 2.24) is 9.80 Å². The van der Waals surface area contributed by atoms with E-state index < -0.39 is 0 Å². The van der Waals surface area contributed by atoms with Gasteiger partial charge in [0.15, 0.2) is 11.5 Å². The maximum Gasteiger partial charge on any atom is 0.161 e. The molecule has 0 radical (unpaired) electrons. The van der Waals surface area contributed by atoms with E-state index in [2.05, 4.69) is 73.2 Å². The Bertz CT molecular complexity index is 926. The van der Waals surface area contributed by atoms with Gasteiger partial charge in [-0.25, -0.2) is 0 Å². The second kappa shape index (κ2) is 11.5. The van der Waals surface area contributed by atoms with Crippen molar-refractivity contribution in [2.75, 3.05) is 40.9 Å².